The Morgan fingerprint density at radius 2 is 1.69 bits per heavy atom. The van der Waals surface area contributed by atoms with Gasteiger partial charge in [0.25, 0.3) is 0 Å². The number of carbonyl (C=O) groups is 2. The minimum Gasteiger partial charge on any atom is -0.339 e. The van der Waals surface area contributed by atoms with Crippen LogP contribution in [0.25, 0.3) is 6.08 Å². The molecule has 0 saturated carbocycles. The largest absolute Gasteiger partial charge is 0.339 e. The molecule has 0 unspecified atom stereocenters. The molecule has 0 aliphatic carbocycles. The fraction of sp³-hybridized carbons (Fsp3) is 0.333. The van der Waals surface area contributed by atoms with Gasteiger partial charge in [0.2, 0.25) is 11.8 Å². The van der Waals surface area contributed by atoms with E-state index in [9.17, 15) is 9.59 Å². The number of fused-ring (bicyclic) bond motifs is 1. The van der Waals surface area contributed by atoms with Crippen LogP contribution in [-0.2, 0) is 22.6 Å². The van der Waals surface area contributed by atoms with Crippen LogP contribution in [0.3, 0.4) is 0 Å². The molecule has 1 saturated heterocycles. The van der Waals surface area contributed by atoms with Crippen LogP contribution in [0.5, 0.6) is 0 Å². The molecule has 2 aromatic rings. The van der Waals surface area contributed by atoms with Gasteiger partial charge in [-0.3, -0.25) is 9.59 Å². The average molecular weight is 453 g/mol. The van der Waals surface area contributed by atoms with E-state index in [-0.39, 0.29) is 17.7 Å². The van der Waals surface area contributed by atoms with Gasteiger partial charge in [0, 0.05) is 42.6 Å². The van der Waals surface area contributed by atoms with Crippen LogP contribution >= 0.6 is 15.9 Å². The van der Waals surface area contributed by atoms with Crippen LogP contribution in [0.1, 0.15) is 29.5 Å². The van der Waals surface area contributed by atoms with Crippen molar-refractivity contribution in [3.8, 4) is 0 Å². The van der Waals surface area contributed by atoms with Crippen LogP contribution in [-0.4, -0.2) is 41.2 Å². The first kappa shape index (κ1) is 19.9. The molecule has 0 radical (unpaired) electrons. The number of hydrogen-bond donors (Lipinski definition) is 0. The van der Waals surface area contributed by atoms with E-state index >= 15 is 0 Å². The minimum absolute atomic E-state index is 0.0165. The van der Waals surface area contributed by atoms with Gasteiger partial charge in [0.1, 0.15) is 0 Å². The third kappa shape index (κ3) is 4.78. The fourth-order valence-corrected chi connectivity index (χ4v) is 4.59. The van der Waals surface area contributed by atoms with E-state index in [0.29, 0.717) is 19.6 Å². The second kappa shape index (κ2) is 8.95. The molecule has 2 heterocycles. The molecule has 2 aliphatic heterocycles. The maximum atomic E-state index is 13.0. The van der Waals surface area contributed by atoms with Crippen molar-refractivity contribution in [1.29, 1.82) is 0 Å². The molecule has 5 heteroatoms. The van der Waals surface area contributed by atoms with Crippen LogP contribution in [0.2, 0.25) is 0 Å². The Bertz CT molecular complexity index is 932. The number of amides is 2. The molecule has 0 bridgehead atoms. The Morgan fingerprint density at radius 3 is 2.45 bits per heavy atom. The molecule has 0 spiro atoms. The van der Waals surface area contributed by atoms with Crippen molar-refractivity contribution in [2.24, 2.45) is 5.92 Å². The highest BCUT2D eigenvalue weighted by atomic mass is 79.9. The van der Waals surface area contributed by atoms with E-state index in [0.717, 1.165) is 35.8 Å². The number of carbonyl (C=O) groups excluding carboxylic acids is 2. The fourth-order valence-electron chi connectivity index (χ4n) is 4.17. The molecule has 0 aromatic heterocycles. The molecule has 0 atom stereocenters. The predicted molar refractivity (Wildman–Crippen MR) is 118 cm³/mol. The SMILES string of the molecule is O=C(C=Cc1cccc(Br)c1)N1CCC(C(=O)N2CCc3ccccc3C2)CC1. The van der Waals surface area contributed by atoms with E-state index in [4.69, 9.17) is 0 Å². The highest BCUT2D eigenvalue weighted by Gasteiger charge is 2.31. The minimum atomic E-state index is 0.0165. The summed E-state index contributed by atoms with van der Waals surface area (Å²) in [6, 6.07) is 16.2. The Balaban J connectivity index is 1.30. The molecular weight excluding hydrogens is 428 g/mol. The lowest BCUT2D eigenvalue weighted by atomic mass is 9.93. The third-order valence-electron chi connectivity index (χ3n) is 5.87. The maximum Gasteiger partial charge on any atom is 0.246 e. The van der Waals surface area contributed by atoms with Crippen LogP contribution in [0.15, 0.2) is 59.1 Å². The second-order valence-corrected chi connectivity index (χ2v) is 8.68. The summed E-state index contributed by atoms with van der Waals surface area (Å²) in [5.74, 6) is 0.289. The van der Waals surface area contributed by atoms with Crippen molar-refractivity contribution in [3.05, 3.63) is 75.8 Å². The lowest BCUT2D eigenvalue weighted by molar-refractivity contribution is -0.140. The number of rotatable bonds is 3. The van der Waals surface area contributed by atoms with Gasteiger partial charge in [0.05, 0.1) is 0 Å². The first-order valence-corrected chi connectivity index (χ1v) is 11.0. The Hall–Kier alpha value is -2.40. The summed E-state index contributed by atoms with van der Waals surface area (Å²) >= 11 is 3.44. The molecule has 4 rings (SSSR count). The van der Waals surface area contributed by atoms with Gasteiger partial charge < -0.3 is 9.80 Å². The number of likely N-dealkylation sites (tertiary alicyclic amines) is 1. The lowest BCUT2D eigenvalue weighted by Crippen LogP contribution is -2.45. The molecule has 4 nitrogen and oxygen atoms in total. The number of nitrogens with zero attached hydrogens (tertiary/aromatic N) is 2. The summed E-state index contributed by atoms with van der Waals surface area (Å²) in [6.07, 6.45) is 5.89. The highest BCUT2D eigenvalue weighted by molar-refractivity contribution is 9.10. The third-order valence-corrected chi connectivity index (χ3v) is 6.36. The van der Waals surface area contributed by atoms with Crippen molar-refractivity contribution in [3.63, 3.8) is 0 Å². The summed E-state index contributed by atoms with van der Waals surface area (Å²) in [5.41, 5.74) is 3.61. The summed E-state index contributed by atoms with van der Waals surface area (Å²) < 4.78 is 0.992. The van der Waals surface area contributed by atoms with Gasteiger partial charge in [-0.15, -0.1) is 0 Å². The van der Waals surface area contributed by atoms with E-state index < -0.39 is 0 Å². The molecule has 0 N–H and O–H groups in total. The lowest BCUT2D eigenvalue weighted by Gasteiger charge is -2.35. The Kier molecular flexibility index (Phi) is 6.14. The first-order chi connectivity index (χ1) is 14.1. The Morgan fingerprint density at radius 1 is 0.931 bits per heavy atom. The topological polar surface area (TPSA) is 40.6 Å². The summed E-state index contributed by atoms with van der Waals surface area (Å²) in [5, 5.41) is 0. The molecule has 2 aromatic carbocycles. The zero-order valence-corrected chi connectivity index (χ0v) is 18.0. The van der Waals surface area contributed by atoms with Gasteiger partial charge in [-0.2, -0.15) is 0 Å². The van der Waals surface area contributed by atoms with Crippen LogP contribution in [0, 0.1) is 5.92 Å². The van der Waals surface area contributed by atoms with Crippen molar-refractivity contribution in [2.45, 2.75) is 25.8 Å². The van der Waals surface area contributed by atoms with Crippen LogP contribution in [0.4, 0.5) is 0 Å². The normalized spacial score (nSPS) is 17.4. The van der Waals surface area contributed by atoms with Gasteiger partial charge >= 0.3 is 0 Å². The van der Waals surface area contributed by atoms with E-state index in [1.165, 1.54) is 11.1 Å². The van der Waals surface area contributed by atoms with Gasteiger partial charge in [0.15, 0.2) is 0 Å². The van der Waals surface area contributed by atoms with Crippen LogP contribution < -0.4 is 0 Å². The second-order valence-electron chi connectivity index (χ2n) is 7.77. The summed E-state index contributed by atoms with van der Waals surface area (Å²) in [4.78, 5) is 29.3. The monoisotopic (exact) mass is 452 g/mol. The molecule has 29 heavy (non-hydrogen) atoms. The smallest absolute Gasteiger partial charge is 0.246 e. The quantitative estimate of drug-likeness (QED) is 0.651. The van der Waals surface area contributed by atoms with E-state index in [1.54, 1.807) is 6.08 Å². The van der Waals surface area contributed by atoms with Gasteiger partial charge in [-0.1, -0.05) is 52.3 Å². The van der Waals surface area contributed by atoms with E-state index in [1.807, 2.05) is 46.2 Å². The number of hydrogen-bond acceptors (Lipinski definition) is 2. The van der Waals surface area contributed by atoms with Gasteiger partial charge in [-0.05, 0) is 54.2 Å². The summed E-state index contributed by atoms with van der Waals surface area (Å²) in [7, 11) is 0. The molecule has 2 aliphatic rings. The molecular formula is C24H25BrN2O2. The average Bonchev–Trinajstić information content (AvgIpc) is 2.77. The first-order valence-electron chi connectivity index (χ1n) is 10.2. The molecule has 150 valence electrons. The number of benzene rings is 2. The van der Waals surface area contributed by atoms with Crippen molar-refractivity contribution in [1.82, 2.24) is 9.80 Å². The highest BCUT2D eigenvalue weighted by Crippen LogP contribution is 2.25. The number of piperidine rings is 1. The molecule has 2 amide bonds. The number of halogens is 1. The van der Waals surface area contributed by atoms with Crippen molar-refractivity contribution in [2.75, 3.05) is 19.6 Å². The van der Waals surface area contributed by atoms with E-state index in [2.05, 4.69) is 34.1 Å². The van der Waals surface area contributed by atoms with Gasteiger partial charge in [-0.25, -0.2) is 0 Å². The predicted octanol–water partition coefficient (Wildman–Crippen LogP) is 4.29. The zero-order chi connectivity index (χ0) is 20.2. The summed E-state index contributed by atoms with van der Waals surface area (Å²) in [6.45, 7) is 2.79. The van der Waals surface area contributed by atoms with Crippen molar-refractivity contribution < 1.29 is 9.59 Å². The van der Waals surface area contributed by atoms with Crippen molar-refractivity contribution >= 4 is 33.8 Å². The maximum absolute atomic E-state index is 13.0. The zero-order valence-electron chi connectivity index (χ0n) is 16.4. The molecule has 1 fully saturated rings. The Labute approximate surface area is 180 Å². The standard InChI is InChI=1S/C24H25BrN2O2/c25-22-7-3-4-18(16-22)8-9-23(28)26-13-11-20(12-14-26)24(29)27-15-10-19-5-1-2-6-21(19)17-27/h1-9,16,20H,10-15,17H2.